The minimum Gasteiger partial charge on any atom is -0.380 e. The number of hydrogen-bond acceptors (Lipinski definition) is 7. The third-order valence-corrected chi connectivity index (χ3v) is 4.36. The number of aromatic nitrogens is 3. The highest BCUT2D eigenvalue weighted by molar-refractivity contribution is 7.15. The van der Waals surface area contributed by atoms with Gasteiger partial charge in [-0.3, -0.25) is 10.1 Å². The van der Waals surface area contributed by atoms with Crippen molar-refractivity contribution in [1.82, 2.24) is 15.4 Å². The van der Waals surface area contributed by atoms with E-state index < -0.39 is 0 Å². The van der Waals surface area contributed by atoms with Crippen molar-refractivity contribution < 1.29 is 14.1 Å². The maximum absolute atomic E-state index is 12.3. The van der Waals surface area contributed by atoms with Crippen molar-refractivity contribution in [3.05, 3.63) is 22.0 Å². The molecule has 0 fully saturated rings. The van der Waals surface area contributed by atoms with Crippen LogP contribution in [-0.4, -0.2) is 28.4 Å². The van der Waals surface area contributed by atoms with E-state index in [1.165, 1.54) is 11.3 Å². The minimum atomic E-state index is -0.366. The number of amides is 1. The summed E-state index contributed by atoms with van der Waals surface area (Å²) in [5.41, 5.74) is 0.863. The summed E-state index contributed by atoms with van der Waals surface area (Å²) in [6.07, 6.45) is 2.13. The Kier molecular flexibility index (Phi) is 5.62. The van der Waals surface area contributed by atoms with Gasteiger partial charge in [-0.05, 0) is 13.3 Å². The van der Waals surface area contributed by atoms with Crippen molar-refractivity contribution in [2.24, 2.45) is 0 Å². The van der Waals surface area contributed by atoms with Crippen LogP contribution in [0.1, 0.15) is 59.4 Å². The lowest BCUT2D eigenvalue weighted by atomic mass is 10.1. The summed E-state index contributed by atoms with van der Waals surface area (Å²) in [5, 5.41) is 16.0. The van der Waals surface area contributed by atoms with Gasteiger partial charge in [-0.25, -0.2) is 0 Å². The van der Waals surface area contributed by atoms with E-state index in [0.717, 1.165) is 17.8 Å². The van der Waals surface area contributed by atoms with Gasteiger partial charge in [0.25, 0.3) is 5.91 Å². The number of ether oxygens (including phenoxy) is 1. The van der Waals surface area contributed by atoms with Gasteiger partial charge in [-0.2, -0.15) is 0 Å². The Labute approximate surface area is 133 Å². The van der Waals surface area contributed by atoms with E-state index in [2.05, 4.69) is 34.5 Å². The van der Waals surface area contributed by atoms with Crippen molar-refractivity contribution in [2.75, 3.05) is 12.4 Å². The molecule has 1 N–H and O–H groups in total. The molecule has 0 aromatic carbocycles. The second-order valence-corrected chi connectivity index (χ2v) is 6.10. The van der Waals surface area contributed by atoms with Crippen LogP contribution in [0.5, 0.6) is 0 Å². The Morgan fingerprint density at radius 1 is 1.45 bits per heavy atom. The molecule has 120 valence electrons. The molecule has 0 spiro atoms. The summed E-state index contributed by atoms with van der Waals surface area (Å²) in [4.78, 5) is 12.3. The molecule has 0 aliphatic carbocycles. The number of carbonyl (C=O) groups excluding carboxylic acids is 1. The Morgan fingerprint density at radius 2 is 2.23 bits per heavy atom. The molecule has 0 saturated heterocycles. The summed E-state index contributed by atoms with van der Waals surface area (Å²) < 4.78 is 10.1. The zero-order valence-corrected chi connectivity index (χ0v) is 14.0. The van der Waals surface area contributed by atoms with E-state index in [-0.39, 0.29) is 18.2 Å². The average molecular weight is 324 g/mol. The zero-order chi connectivity index (χ0) is 16.1. The molecule has 0 aliphatic rings. The molecule has 7 nitrogen and oxygen atoms in total. The first-order valence-electron chi connectivity index (χ1n) is 7.15. The predicted molar refractivity (Wildman–Crippen MR) is 83.1 cm³/mol. The topological polar surface area (TPSA) is 90.1 Å². The molecule has 22 heavy (non-hydrogen) atoms. The van der Waals surface area contributed by atoms with Gasteiger partial charge < -0.3 is 9.26 Å². The monoisotopic (exact) mass is 324 g/mol. The number of carbonyl (C=O) groups is 1. The van der Waals surface area contributed by atoms with E-state index in [1.54, 1.807) is 14.0 Å². The first-order chi connectivity index (χ1) is 10.6. The maximum atomic E-state index is 12.3. The van der Waals surface area contributed by atoms with Crippen LogP contribution in [0.25, 0.3) is 0 Å². The fraction of sp³-hybridized carbons (Fsp3) is 0.571. The number of nitrogens with one attached hydrogen (secondary N) is 1. The van der Waals surface area contributed by atoms with E-state index in [9.17, 15) is 4.79 Å². The van der Waals surface area contributed by atoms with Gasteiger partial charge in [0.15, 0.2) is 5.69 Å². The molecule has 2 rings (SSSR count). The number of rotatable bonds is 7. The second kappa shape index (κ2) is 7.46. The molecule has 0 bridgehead atoms. The Balaban J connectivity index is 2.09. The van der Waals surface area contributed by atoms with Crippen LogP contribution in [0.15, 0.2) is 4.52 Å². The quantitative estimate of drug-likeness (QED) is 0.841. The minimum absolute atomic E-state index is 0.220. The number of aryl methyl sites for hydroxylation is 1. The van der Waals surface area contributed by atoms with Gasteiger partial charge in [0.05, 0.1) is 12.2 Å². The largest absolute Gasteiger partial charge is 0.380 e. The van der Waals surface area contributed by atoms with Crippen molar-refractivity contribution in [1.29, 1.82) is 0 Å². The normalized spacial score (nSPS) is 12.4. The predicted octanol–water partition coefficient (Wildman–Crippen LogP) is 3.14. The summed E-state index contributed by atoms with van der Waals surface area (Å²) in [6, 6.07) is 0. The lowest BCUT2D eigenvalue weighted by molar-refractivity contribution is 0.101. The smallest absolute Gasteiger partial charge is 0.280 e. The third kappa shape index (κ3) is 3.69. The van der Waals surface area contributed by atoms with Crippen LogP contribution < -0.4 is 5.32 Å². The van der Waals surface area contributed by atoms with Gasteiger partial charge in [-0.1, -0.05) is 36.8 Å². The third-order valence-electron chi connectivity index (χ3n) is 3.29. The molecule has 2 aromatic heterocycles. The van der Waals surface area contributed by atoms with E-state index in [4.69, 9.17) is 9.26 Å². The molecule has 0 aliphatic heterocycles. The molecule has 0 unspecified atom stereocenters. The Bertz CT molecular complexity index is 638. The molecule has 2 heterocycles. The van der Waals surface area contributed by atoms with Gasteiger partial charge in [0.1, 0.15) is 10.8 Å². The first kappa shape index (κ1) is 16.6. The molecular weight excluding hydrogens is 304 g/mol. The van der Waals surface area contributed by atoms with Crippen LogP contribution in [0.2, 0.25) is 0 Å². The van der Waals surface area contributed by atoms with Crippen LogP contribution in [-0.2, 0) is 11.3 Å². The fourth-order valence-electron chi connectivity index (χ4n) is 2.08. The molecule has 0 radical (unpaired) electrons. The SMILES string of the molecule is CCC[C@H](C)c1nnc(NC(=O)c2noc(C)c2COC)s1. The van der Waals surface area contributed by atoms with Gasteiger partial charge in [0, 0.05) is 13.0 Å². The van der Waals surface area contributed by atoms with Crippen LogP contribution in [0.4, 0.5) is 5.13 Å². The van der Waals surface area contributed by atoms with Crippen LogP contribution in [0, 0.1) is 6.92 Å². The van der Waals surface area contributed by atoms with E-state index in [0.29, 0.717) is 22.4 Å². The Morgan fingerprint density at radius 3 is 2.91 bits per heavy atom. The number of methoxy groups -OCH3 is 1. The lowest BCUT2D eigenvalue weighted by Gasteiger charge is -2.03. The van der Waals surface area contributed by atoms with Gasteiger partial charge >= 0.3 is 0 Å². The van der Waals surface area contributed by atoms with Crippen molar-refractivity contribution >= 4 is 22.4 Å². The van der Waals surface area contributed by atoms with Crippen molar-refractivity contribution in [3.63, 3.8) is 0 Å². The van der Waals surface area contributed by atoms with Crippen LogP contribution in [0.3, 0.4) is 0 Å². The van der Waals surface area contributed by atoms with Gasteiger partial charge in [0.2, 0.25) is 5.13 Å². The molecular formula is C14H20N4O3S. The lowest BCUT2D eigenvalue weighted by Crippen LogP contribution is -2.14. The first-order valence-corrected chi connectivity index (χ1v) is 7.97. The summed E-state index contributed by atoms with van der Waals surface area (Å²) in [7, 11) is 1.56. The molecule has 2 aromatic rings. The standard InChI is InChI=1S/C14H20N4O3S/c1-5-6-8(2)13-16-17-14(22-13)15-12(19)11-10(7-20-4)9(3)21-18-11/h8H,5-7H2,1-4H3,(H,15,17,19)/t8-/m0/s1. The highest BCUT2D eigenvalue weighted by atomic mass is 32.1. The van der Waals surface area contributed by atoms with E-state index >= 15 is 0 Å². The zero-order valence-electron chi connectivity index (χ0n) is 13.2. The molecule has 1 atom stereocenters. The second-order valence-electron chi connectivity index (χ2n) is 5.09. The van der Waals surface area contributed by atoms with E-state index in [1.807, 2.05) is 0 Å². The average Bonchev–Trinajstić information content (AvgIpc) is 3.08. The van der Waals surface area contributed by atoms with Crippen LogP contribution >= 0.6 is 11.3 Å². The highest BCUT2D eigenvalue weighted by Crippen LogP contribution is 2.26. The fourth-order valence-corrected chi connectivity index (χ4v) is 2.91. The van der Waals surface area contributed by atoms with Gasteiger partial charge in [-0.15, -0.1) is 10.2 Å². The van der Waals surface area contributed by atoms with Crippen molar-refractivity contribution in [3.8, 4) is 0 Å². The highest BCUT2D eigenvalue weighted by Gasteiger charge is 2.21. The number of anilines is 1. The molecule has 1 amide bonds. The molecule has 8 heteroatoms. The summed E-state index contributed by atoms with van der Waals surface area (Å²) >= 11 is 1.39. The molecule has 0 saturated carbocycles. The van der Waals surface area contributed by atoms with Crippen molar-refractivity contribution in [2.45, 2.75) is 46.1 Å². The summed E-state index contributed by atoms with van der Waals surface area (Å²) in [6.45, 7) is 6.25. The Hall–Kier alpha value is -1.80. The number of nitrogens with zero attached hydrogens (tertiary/aromatic N) is 3. The summed E-state index contributed by atoms with van der Waals surface area (Å²) in [5.74, 6) is 0.544. The number of hydrogen-bond donors (Lipinski definition) is 1. The maximum Gasteiger partial charge on any atom is 0.280 e.